The van der Waals surface area contributed by atoms with E-state index in [9.17, 15) is 9.59 Å². The van der Waals surface area contributed by atoms with Crippen molar-refractivity contribution < 1.29 is 14.3 Å². The average molecular weight is 457 g/mol. The lowest BCUT2D eigenvalue weighted by Crippen LogP contribution is -2.58. The lowest BCUT2D eigenvalue weighted by molar-refractivity contribution is -0.141. The Morgan fingerprint density at radius 3 is 2.00 bits per heavy atom. The van der Waals surface area contributed by atoms with E-state index < -0.39 is 0 Å². The molecule has 1 aromatic rings. The molecule has 3 saturated heterocycles. The Labute approximate surface area is 198 Å². The summed E-state index contributed by atoms with van der Waals surface area (Å²) in [6.07, 6.45) is 7.02. The fourth-order valence-electron chi connectivity index (χ4n) is 5.56. The Morgan fingerprint density at radius 2 is 1.36 bits per heavy atom. The first-order chi connectivity index (χ1) is 16.1. The van der Waals surface area contributed by atoms with Crippen molar-refractivity contribution in [1.29, 1.82) is 0 Å². The van der Waals surface area contributed by atoms with Gasteiger partial charge in [-0.05, 0) is 55.9 Å². The van der Waals surface area contributed by atoms with E-state index in [4.69, 9.17) is 4.74 Å². The van der Waals surface area contributed by atoms with Crippen molar-refractivity contribution >= 4 is 12.0 Å². The van der Waals surface area contributed by atoms with E-state index in [1.165, 1.54) is 31.9 Å². The molecular formula is C26H40N4O3. The van der Waals surface area contributed by atoms with Crippen molar-refractivity contribution in [2.45, 2.75) is 44.9 Å². The van der Waals surface area contributed by atoms with E-state index >= 15 is 0 Å². The molecule has 2 amide bonds. The van der Waals surface area contributed by atoms with Crippen LogP contribution in [-0.4, -0.2) is 91.3 Å². The van der Waals surface area contributed by atoms with E-state index in [2.05, 4.69) is 40.3 Å². The van der Waals surface area contributed by atoms with Crippen molar-refractivity contribution in [2.75, 3.05) is 59.5 Å². The highest BCUT2D eigenvalue weighted by Gasteiger charge is 2.31. The largest absolute Gasteiger partial charge is 0.469 e. The molecule has 3 heterocycles. The van der Waals surface area contributed by atoms with Crippen molar-refractivity contribution in [2.24, 2.45) is 11.8 Å². The summed E-state index contributed by atoms with van der Waals surface area (Å²) in [6.45, 7) is 7.36. The number of urea groups is 1. The van der Waals surface area contributed by atoms with Gasteiger partial charge in [0.1, 0.15) is 0 Å². The van der Waals surface area contributed by atoms with Crippen LogP contribution >= 0.6 is 0 Å². The number of likely N-dealkylation sites (tertiary alicyclic amines) is 1. The van der Waals surface area contributed by atoms with Gasteiger partial charge in [-0.1, -0.05) is 30.3 Å². The van der Waals surface area contributed by atoms with Gasteiger partial charge in [-0.3, -0.25) is 4.79 Å². The third kappa shape index (κ3) is 6.70. The van der Waals surface area contributed by atoms with Crippen LogP contribution in [0.5, 0.6) is 0 Å². The molecule has 4 rings (SSSR count). The Bertz CT molecular complexity index is 750. The van der Waals surface area contributed by atoms with Gasteiger partial charge in [-0.2, -0.15) is 0 Å². The molecule has 33 heavy (non-hydrogen) atoms. The minimum Gasteiger partial charge on any atom is -0.469 e. The summed E-state index contributed by atoms with van der Waals surface area (Å²) in [5.74, 6) is 1.17. The monoisotopic (exact) mass is 456 g/mol. The van der Waals surface area contributed by atoms with Gasteiger partial charge in [0.05, 0.1) is 7.11 Å². The predicted octanol–water partition coefficient (Wildman–Crippen LogP) is 3.26. The van der Waals surface area contributed by atoms with E-state index in [-0.39, 0.29) is 12.0 Å². The molecule has 0 bridgehead atoms. The zero-order valence-corrected chi connectivity index (χ0v) is 20.2. The van der Waals surface area contributed by atoms with Crippen LogP contribution in [0, 0.1) is 11.8 Å². The Kier molecular flexibility index (Phi) is 8.62. The number of carbonyl (C=O) groups excluding carboxylic acids is 2. The molecule has 3 aliphatic heterocycles. The Hall–Kier alpha value is -2.12. The maximum atomic E-state index is 13.0. The minimum absolute atomic E-state index is 0.133. The van der Waals surface area contributed by atoms with E-state index in [0.29, 0.717) is 12.3 Å². The van der Waals surface area contributed by atoms with E-state index in [1.54, 1.807) is 0 Å². The molecule has 0 saturated carbocycles. The van der Waals surface area contributed by atoms with Gasteiger partial charge in [-0.15, -0.1) is 0 Å². The number of methoxy groups -OCH3 is 1. The summed E-state index contributed by atoms with van der Waals surface area (Å²) in [5.41, 5.74) is 1.45. The topological polar surface area (TPSA) is 56.3 Å². The second kappa shape index (κ2) is 11.8. The Morgan fingerprint density at radius 1 is 0.788 bits per heavy atom. The summed E-state index contributed by atoms with van der Waals surface area (Å²) < 4.78 is 4.74. The van der Waals surface area contributed by atoms with Crippen LogP contribution in [0.15, 0.2) is 30.3 Å². The summed E-state index contributed by atoms with van der Waals surface area (Å²) >= 11 is 0. The molecule has 0 atom stereocenters. The molecule has 3 aliphatic rings. The number of ether oxygens (including phenoxy) is 1. The molecule has 0 aliphatic carbocycles. The SMILES string of the molecule is COC(=O)CCC1CCN(C(=O)N2CCN(N3CCC(Cc4ccccc4)CC3)CC2)CC1. The highest BCUT2D eigenvalue weighted by atomic mass is 16.5. The molecule has 0 N–H and O–H groups in total. The van der Waals surface area contributed by atoms with Gasteiger partial charge < -0.3 is 14.5 Å². The summed E-state index contributed by atoms with van der Waals surface area (Å²) in [6, 6.07) is 11.0. The van der Waals surface area contributed by atoms with Crippen LogP contribution in [0.1, 0.15) is 44.1 Å². The number of benzene rings is 1. The van der Waals surface area contributed by atoms with Gasteiger partial charge in [0, 0.05) is 58.8 Å². The maximum Gasteiger partial charge on any atom is 0.320 e. The van der Waals surface area contributed by atoms with Crippen molar-refractivity contribution in [3.63, 3.8) is 0 Å². The third-order valence-corrected chi connectivity index (χ3v) is 7.75. The summed E-state index contributed by atoms with van der Waals surface area (Å²) in [7, 11) is 1.44. The molecule has 7 heteroatoms. The number of carbonyl (C=O) groups is 2. The number of hydrogen-bond acceptors (Lipinski definition) is 5. The molecule has 1 aromatic carbocycles. The molecule has 0 radical (unpaired) electrons. The molecular weight excluding hydrogens is 416 g/mol. The number of esters is 1. The van der Waals surface area contributed by atoms with Gasteiger partial charge >= 0.3 is 12.0 Å². The first kappa shape index (κ1) is 24.0. The first-order valence-corrected chi connectivity index (χ1v) is 12.8. The number of hydrazine groups is 1. The highest BCUT2D eigenvalue weighted by molar-refractivity contribution is 5.74. The summed E-state index contributed by atoms with van der Waals surface area (Å²) in [5, 5.41) is 5.00. The number of piperazine rings is 1. The standard InChI is InChI=1S/C26H40N4O3/c1-33-25(31)8-7-22-9-13-27(14-10-22)26(32)28-17-19-30(20-18-28)29-15-11-24(12-16-29)21-23-5-3-2-4-6-23/h2-6,22,24H,7-21H2,1H3. The van der Waals surface area contributed by atoms with Gasteiger partial charge in [0.25, 0.3) is 0 Å². The third-order valence-electron chi connectivity index (χ3n) is 7.75. The molecule has 0 unspecified atom stereocenters. The number of rotatable bonds is 6. The quantitative estimate of drug-likeness (QED) is 0.615. The van der Waals surface area contributed by atoms with Crippen LogP contribution in [0.25, 0.3) is 0 Å². The molecule has 3 fully saturated rings. The number of nitrogens with zero attached hydrogens (tertiary/aromatic N) is 4. The maximum absolute atomic E-state index is 13.0. The van der Waals surface area contributed by atoms with Crippen molar-refractivity contribution in [3.05, 3.63) is 35.9 Å². The molecule has 0 spiro atoms. The zero-order chi connectivity index (χ0) is 23.0. The van der Waals surface area contributed by atoms with Gasteiger partial charge in [0.2, 0.25) is 0 Å². The first-order valence-electron chi connectivity index (χ1n) is 12.8. The lowest BCUT2D eigenvalue weighted by Gasteiger charge is -2.45. The molecule has 7 nitrogen and oxygen atoms in total. The van der Waals surface area contributed by atoms with Crippen molar-refractivity contribution in [1.82, 2.24) is 19.8 Å². The lowest BCUT2D eigenvalue weighted by atomic mass is 9.91. The van der Waals surface area contributed by atoms with Crippen LogP contribution < -0.4 is 0 Å². The van der Waals surface area contributed by atoms with Crippen molar-refractivity contribution in [3.8, 4) is 0 Å². The van der Waals surface area contributed by atoms with Gasteiger partial charge in [0.15, 0.2) is 0 Å². The number of piperidine rings is 2. The second-order valence-corrected chi connectivity index (χ2v) is 9.86. The highest BCUT2D eigenvalue weighted by Crippen LogP contribution is 2.25. The second-order valence-electron chi connectivity index (χ2n) is 9.86. The zero-order valence-electron chi connectivity index (χ0n) is 20.2. The predicted molar refractivity (Wildman–Crippen MR) is 129 cm³/mol. The molecule has 0 aromatic heterocycles. The normalized spacial score (nSPS) is 21.8. The van der Waals surface area contributed by atoms with E-state index in [0.717, 1.165) is 77.5 Å². The fourth-order valence-corrected chi connectivity index (χ4v) is 5.56. The fraction of sp³-hybridized carbons (Fsp3) is 0.692. The number of hydrogen-bond donors (Lipinski definition) is 0. The average Bonchev–Trinajstić information content (AvgIpc) is 2.88. The van der Waals surface area contributed by atoms with Crippen LogP contribution in [0.2, 0.25) is 0 Å². The Balaban J connectivity index is 1.14. The van der Waals surface area contributed by atoms with Crippen LogP contribution in [0.4, 0.5) is 4.79 Å². The minimum atomic E-state index is -0.133. The summed E-state index contributed by atoms with van der Waals surface area (Å²) in [4.78, 5) is 28.4. The van der Waals surface area contributed by atoms with Crippen LogP contribution in [0.3, 0.4) is 0 Å². The molecule has 182 valence electrons. The van der Waals surface area contributed by atoms with E-state index in [1.807, 2.05) is 9.80 Å². The smallest absolute Gasteiger partial charge is 0.320 e. The van der Waals surface area contributed by atoms with Crippen LogP contribution in [-0.2, 0) is 16.0 Å². The van der Waals surface area contributed by atoms with Gasteiger partial charge in [-0.25, -0.2) is 14.8 Å². The number of amides is 2.